The molecule has 0 bridgehead atoms. The molecule has 0 saturated heterocycles. The molecule has 25 heavy (non-hydrogen) atoms. The van der Waals surface area contributed by atoms with Crippen LogP contribution in [0.5, 0.6) is 0 Å². The second kappa shape index (κ2) is 8.48. The Morgan fingerprint density at radius 1 is 1.24 bits per heavy atom. The summed E-state index contributed by atoms with van der Waals surface area (Å²) in [7, 11) is 1.59. The lowest BCUT2D eigenvalue weighted by Crippen LogP contribution is -2.36. The molecule has 6 nitrogen and oxygen atoms in total. The summed E-state index contributed by atoms with van der Waals surface area (Å²) in [6, 6.07) is 10.0. The Morgan fingerprint density at radius 3 is 2.60 bits per heavy atom. The third-order valence-electron chi connectivity index (χ3n) is 4.32. The van der Waals surface area contributed by atoms with Crippen molar-refractivity contribution in [2.75, 3.05) is 18.5 Å². The predicted molar refractivity (Wildman–Crippen MR) is 95.7 cm³/mol. The number of aliphatic hydroxyl groups excluding tert-OH is 1. The van der Waals surface area contributed by atoms with Gasteiger partial charge in [-0.05, 0) is 30.2 Å². The molecule has 2 N–H and O–H groups in total. The van der Waals surface area contributed by atoms with Crippen molar-refractivity contribution in [3.63, 3.8) is 0 Å². The van der Waals surface area contributed by atoms with E-state index in [0.29, 0.717) is 11.3 Å². The van der Waals surface area contributed by atoms with E-state index in [9.17, 15) is 14.7 Å². The SMILES string of the molecule is CCC(C)C(O)CNC(=O)c1ccccc1N(C)C(=O)c1ccco1. The highest BCUT2D eigenvalue weighted by atomic mass is 16.3. The summed E-state index contributed by atoms with van der Waals surface area (Å²) in [5, 5.41) is 12.7. The summed E-state index contributed by atoms with van der Waals surface area (Å²) in [6.45, 7) is 4.08. The van der Waals surface area contributed by atoms with Gasteiger partial charge < -0.3 is 19.7 Å². The lowest BCUT2D eigenvalue weighted by Gasteiger charge is -2.21. The van der Waals surface area contributed by atoms with Crippen LogP contribution in [0.4, 0.5) is 5.69 Å². The summed E-state index contributed by atoms with van der Waals surface area (Å²) in [6.07, 6.45) is 1.65. The first-order valence-corrected chi connectivity index (χ1v) is 8.32. The van der Waals surface area contributed by atoms with Gasteiger partial charge in [0.15, 0.2) is 5.76 Å². The number of amides is 2. The fourth-order valence-corrected chi connectivity index (χ4v) is 2.40. The number of anilines is 1. The highest BCUT2D eigenvalue weighted by molar-refractivity contribution is 6.09. The Balaban J connectivity index is 2.14. The van der Waals surface area contributed by atoms with Crippen LogP contribution in [0, 0.1) is 5.92 Å². The summed E-state index contributed by atoms with van der Waals surface area (Å²) in [5.74, 6) is -0.384. The minimum atomic E-state index is -0.608. The highest BCUT2D eigenvalue weighted by Crippen LogP contribution is 2.21. The van der Waals surface area contributed by atoms with E-state index in [1.807, 2.05) is 13.8 Å². The molecule has 0 aliphatic heterocycles. The van der Waals surface area contributed by atoms with E-state index in [1.54, 1.807) is 43.4 Å². The number of rotatable bonds is 7. The van der Waals surface area contributed by atoms with Gasteiger partial charge in [0.1, 0.15) is 0 Å². The minimum absolute atomic E-state index is 0.0961. The Morgan fingerprint density at radius 2 is 1.96 bits per heavy atom. The fraction of sp³-hybridized carbons (Fsp3) is 0.368. The zero-order valence-electron chi connectivity index (χ0n) is 14.7. The molecule has 0 aliphatic carbocycles. The standard InChI is InChI=1S/C19H24N2O4/c1-4-13(2)16(22)12-20-18(23)14-8-5-6-9-15(14)21(3)19(24)17-10-7-11-25-17/h5-11,13,16,22H,4,12H2,1-3H3,(H,20,23). The topological polar surface area (TPSA) is 82.8 Å². The van der Waals surface area contributed by atoms with Crippen molar-refractivity contribution >= 4 is 17.5 Å². The van der Waals surface area contributed by atoms with E-state index in [4.69, 9.17) is 4.42 Å². The lowest BCUT2D eigenvalue weighted by atomic mass is 10.0. The first-order chi connectivity index (χ1) is 12.0. The van der Waals surface area contributed by atoms with Crippen LogP contribution >= 0.6 is 0 Å². The van der Waals surface area contributed by atoms with Gasteiger partial charge in [0.2, 0.25) is 0 Å². The second-order valence-electron chi connectivity index (χ2n) is 6.02. The van der Waals surface area contributed by atoms with Crippen LogP contribution in [0.2, 0.25) is 0 Å². The molecule has 6 heteroatoms. The molecule has 0 saturated carbocycles. The zero-order valence-corrected chi connectivity index (χ0v) is 14.7. The van der Waals surface area contributed by atoms with Crippen molar-refractivity contribution in [1.29, 1.82) is 0 Å². The molecule has 0 spiro atoms. The van der Waals surface area contributed by atoms with Crippen LogP contribution in [-0.4, -0.2) is 36.6 Å². The molecule has 2 rings (SSSR count). The van der Waals surface area contributed by atoms with Gasteiger partial charge in [-0.3, -0.25) is 9.59 Å². The predicted octanol–water partition coefficient (Wildman–Crippen LogP) is 2.69. The van der Waals surface area contributed by atoms with Gasteiger partial charge in [0, 0.05) is 13.6 Å². The minimum Gasteiger partial charge on any atom is -0.459 e. The Kier molecular flexibility index (Phi) is 6.36. The molecule has 2 aromatic rings. The Labute approximate surface area is 147 Å². The van der Waals surface area contributed by atoms with Crippen LogP contribution in [0.3, 0.4) is 0 Å². The molecule has 0 fully saturated rings. The average molecular weight is 344 g/mol. The van der Waals surface area contributed by atoms with Crippen molar-refractivity contribution in [3.8, 4) is 0 Å². The number of carbonyl (C=O) groups excluding carboxylic acids is 2. The summed E-state index contributed by atoms with van der Waals surface area (Å²) in [4.78, 5) is 26.3. The van der Waals surface area contributed by atoms with E-state index < -0.39 is 6.10 Å². The zero-order chi connectivity index (χ0) is 18.4. The largest absolute Gasteiger partial charge is 0.459 e. The summed E-state index contributed by atoms with van der Waals surface area (Å²) < 4.78 is 5.13. The van der Waals surface area contributed by atoms with E-state index in [-0.39, 0.29) is 30.0 Å². The van der Waals surface area contributed by atoms with Gasteiger partial charge in [-0.15, -0.1) is 0 Å². The van der Waals surface area contributed by atoms with Crippen molar-refractivity contribution in [2.24, 2.45) is 5.92 Å². The third kappa shape index (κ3) is 4.48. The van der Waals surface area contributed by atoms with Crippen molar-refractivity contribution < 1.29 is 19.1 Å². The molecule has 2 amide bonds. The number of aliphatic hydroxyl groups is 1. The molecule has 2 unspecified atom stereocenters. The van der Waals surface area contributed by atoms with Crippen LogP contribution in [0.15, 0.2) is 47.1 Å². The number of hydrogen-bond acceptors (Lipinski definition) is 4. The molecule has 1 heterocycles. The van der Waals surface area contributed by atoms with Crippen LogP contribution in [0.1, 0.15) is 41.2 Å². The smallest absolute Gasteiger partial charge is 0.293 e. The second-order valence-corrected chi connectivity index (χ2v) is 6.02. The first-order valence-electron chi connectivity index (χ1n) is 8.32. The van der Waals surface area contributed by atoms with Gasteiger partial charge in [-0.25, -0.2) is 0 Å². The number of furan rings is 1. The highest BCUT2D eigenvalue weighted by Gasteiger charge is 2.22. The monoisotopic (exact) mass is 344 g/mol. The van der Waals surface area contributed by atoms with E-state index in [1.165, 1.54) is 11.2 Å². The number of nitrogens with zero attached hydrogens (tertiary/aromatic N) is 1. The normalized spacial score (nSPS) is 13.1. The number of para-hydroxylation sites is 1. The van der Waals surface area contributed by atoms with Gasteiger partial charge >= 0.3 is 0 Å². The molecule has 0 radical (unpaired) electrons. The molecule has 1 aromatic heterocycles. The molecule has 2 atom stereocenters. The summed E-state index contributed by atoms with van der Waals surface area (Å²) >= 11 is 0. The van der Waals surface area contributed by atoms with Gasteiger partial charge in [0.05, 0.1) is 23.6 Å². The van der Waals surface area contributed by atoms with Gasteiger partial charge in [-0.1, -0.05) is 32.4 Å². The lowest BCUT2D eigenvalue weighted by molar-refractivity contribution is 0.0850. The number of hydrogen-bond donors (Lipinski definition) is 2. The Bertz CT molecular complexity index is 712. The molecule has 1 aromatic carbocycles. The average Bonchev–Trinajstić information content (AvgIpc) is 3.18. The quantitative estimate of drug-likeness (QED) is 0.809. The summed E-state index contributed by atoms with van der Waals surface area (Å²) in [5.41, 5.74) is 0.834. The van der Waals surface area contributed by atoms with Gasteiger partial charge in [-0.2, -0.15) is 0 Å². The first kappa shape index (κ1) is 18.7. The third-order valence-corrected chi connectivity index (χ3v) is 4.32. The van der Waals surface area contributed by atoms with Crippen LogP contribution in [0.25, 0.3) is 0 Å². The van der Waals surface area contributed by atoms with E-state index >= 15 is 0 Å². The maximum absolute atomic E-state index is 12.5. The molecule has 134 valence electrons. The van der Waals surface area contributed by atoms with Crippen molar-refractivity contribution in [3.05, 3.63) is 54.0 Å². The maximum atomic E-state index is 12.5. The van der Waals surface area contributed by atoms with E-state index in [0.717, 1.165) is 6.42 Å². The molecular weight excluding hydrogens is 320 g/mol. The number of carbonyl (C=O) groups is 2. The van der Waals surface area contributed by atoms with Crippen LogP contribution in [-0.2, 0) is 0 Å². The maximum Gasteiger partial charge on any atom is 0.293 e. The van der Waals surface area contributed by atoms with E-state index in [2.05, 4.69) is 5.32 Å². The molecule has 0 aliphatic rings. The van der Waals surface area contributed by atoms with Crippen molar-refractivity contribution in [1.82, 2.24) is 5.32 Å². The van der Waals surface area contributed by atoms with Crippen LogP contribution < -0.4 is 10.2 Å². The number of benzene rings is 1. The fourth-order valence-electron chi connectivity index (χ4n) is 2.40. The number of nitrogens with one attached hydrogen (secondary N) is 1. The molecular formula is C19H24N2O4. The van der Waals surface area contributed by atoms with Gasteiger partial charge in [0.25, 0.3) is 11.8 Å². The van der Waals surface area contributed by atoms with Crippen molar-refractivity contribution in [2.45, 2.75) is 26.4 Å². The Hall–Kier alpha value is -2.60.